The summed E-state index contributed by atoms with van der Waals surface area (Å²) in [6.07, 6.45) is 11.0. The third-order valence-corrected chi connectivity index (χ3v) is 19.1. The minimum Gasteiger partial charge on any atom is -0.393 e. The molecule has 24 nitrogen and oxygen atoms in total. The largest absolute Gasteiger partial charge is 0.393 e. The molecule has 0 radical (unpaired) electrons. The van der Waals surface area contributed by atoms with E-state index in [1.807, 2.05) is 180 Å². The summed E-state index contributed by atoms with van der Waals surface area (Å²) in [5.41, 5.74) is 33.3. The first kappa shape index (κ1) is 67.0. The summed E-state index contributed by atoms with van der Waals surface area (Å²) in [6.45, 7) is 7.04. The molecule has 3 amide bonds. The quantitative estimate of drug-likeness (QED) is 0.0473. The van der Waals surface area contributed by atoms with Crippen LogP contribution in [0.5, 0.6) is 0 Å². The summed E-state index contributed by atoms with van der Waals surface area (Å²) in [4.78, 5) is 75.2. The van der Waals surface area contributed by atoms with Crippen molar-refractivity contribution < 1.29 is 29.4 Å². The highest BCUT2D eigenvalue weighted by atomic mass is 16.3. The Hall–Kier alpha value is -11.6. The van der Waals surface area contributed by atoms with Crippen molar-refractivity contribution in [3.63, 3.8) is 0 Å². The predicted octanol–water partition coefficient (Wildman–Crippen LogP) is 10.8. The van der Waals surface area contributed by atoms with Gasteiger partial charge in [-0.15, -0.1) is 0 Å². The number of benzene rings is 6. The number of anilines is 3. The molecule has 15 rings (SSSR count). The maximum atomic E-state index is 12.5. The highest BCUT2D eigenvalue weighted by Crippen LogP contribution is 2.40. The number of carbonyl (C=O) groups is 4. The first-order valence-electron chi connectivity index (χ1n) is 33.7. The van der Waals surface area contributed by atoms with Gasteiger partial charge in [0.25, 0.3) is 17.7 Å². The smallest absolute Gasteiger partial charge is 0.251 e. The molecular weight excluding hydrogens is 1260 g/mol. The van der Waals surface area contributed by atoms with Crippen molar-refractivity contribution in [3.05, 3.63) is 215 Å². The van der Waals surface area contributed by atoms with E-state index in [2.05, 4.69) is 45.9 Å². The molecule has 3 atom stereocenters. The lowest BCUT2D eigenvalue weighted by molar-refractivity contribution is -0.117. The van der Waals surface area contributed by atoms with E-state index in [1.54, 1.807) is 0 Å². The van der Waals surface area contributed by atoms with Crippen molar-refractivity contribution in [3.8, 4) is 33.8 Å². The Labute approximate surface area is 576 Å². The Morgan fingerprint density at radius 2 is 0.750 bits per heavy atom. The van der Waals surface area contributed by atoms with E-state index in [4.69, 9.17) is 32.5 Å². The highest BCUT2D eigenvalue weighted by Gasteiger charge is 2.31. The zero-order valence-corrected chi connectivity index (χ0v) is 55.8. The van der Waals surface area contributed by atoms with Crippen LogP contribution in [-0.4, -0.2) is 105 Å². The molecule has 0 saturated heterocycles. The third-order valence-electron chi connectivity index (χ3n) is 19.1. The van der Waals surface area contributed by atoms with Crippen LogP contribution in [0.1, 0.15) is 147 Å². The second-order valence-corrected chi connectivity index (χ2v) is 25.9. The number of aliphatic hydroxyl groups is 2. The maximum absolute atomic E-state index is 12.5. The average Bonchev–Trinajstić information content (AvgIpc) is 1.65. The number of hydrogen-bond acceptors (Lipinski definition) is 18. The Morgan fingerprint density at radius 3 is 1.08 bits per heavy atom. The van der Waals surface area contributed by atoms with Crippen LogP contribution in [0.15, 0.2) is 165 Å². The number of carbonyl (C=O) groups excluding carboxylic acids is 4. The number of fused-ring (bicyclic) bond motifs is 3. The maximum Gasteiger partial charge on any atom is 0.251 e. The highest BCUT2D eigenvalue weighted by molar-refractivity contribution is 6.01. The number of aliphatic hydroxyl groups excluding tert-OH is 2. The Balaban J connectivity index is 0.000000134. The van der Waals surface area contributed by atoms with Gasteiger partial charge in [-0.05, 0) is 124 Å². The SMILES string of the molecule is Cc1ccccc1C(=O)NCc1ccc(-c2nn(C3CCC(=O)C3)c3ncnc(N)c23)cc1.Cc1ccccc1C(=O)NCc1ccc(-c2nn(C3CCC(O)C3)c3ncnc(N)c23)cc1.Cc1ccccc1C(=O)NCc1ccc(-c2nn(C3CCC(O)CC3)c3ncnc(N)c23)cc1. The molecule has 11 N–H and O–H groups in total. The van der Waals surface area contributed by atoms with Gasteiger partial charge in [0.05, 0.1) is 46.5 Å². The van der Waals surface area contributed by atoms with Gasteiger partial charge in [0.2, 0.25) is 0 Å². The zero-order valence-electron chi connectivity index (χ0n) is 55.8. The molecule has 0 bridgehead atoms. The lowest BCUT2D eigenvalue weighted by atomic mass is 9.93. The molecule has 3 aliphatic carbocycles. The van der Waals surface area contributed by atoms with Crippen molar-refractivity contribution in [2.45, 2.75) is 135 Å². The molecule has 6 aromatic heterocycles. The molecule has 12 aromatic rings. The summed E-state index contributed by atoms with van der Waals surface area (Å²) in [5, 5.41) is 45.5. The molecular formula is C76H78N18O6. The van der Waals surface area contributed by atoms with E-state index in [0.717, 1.165) is 123 Å². The summed E-state index contributed by atoms with van der Waals surface area (Å²) in [7, 11) is 0. The van der Waals surface area contributed by atoms with Gasteiger partial charge in [-0.3, -0.25) is 19.2 Å². The van der Waals surface area contributed by atoms with Crippen molar-refractivity contribution in [2.75, 3.05) is 17.2 Å². The number of ketones is 1. The standard InChI is InChI=1S/C26H28N6O2.C25H26N6O2.C25H24N6O2/c1-16-4-2-3-5-21(16)26(34)28-14-17-6-8-18(9-7-17)23-22-24(27)29-15-30-25(22)32(31-23)19-10-12-20(33)13-11-19;2*1-15-4-2-3-5-20(15)25(33)27-13-16-6-8-17(9-7-16)22-21-23(26)28-14-29-24(21)31(30-22)18-10-11-19(32)12-18/h2-9,15,19-20,33H,10-14H2,1H3,(H,28,34)(H2,27,29,30);2-9,14,18-19,32H,10-13H2,1H3,(H,27,33)(H2,26,28,29);2-9,14,18H,10-13H2,1H3,(H,27,33)(H2,26,28,29). The minimum atomic E-state index is -0.314. The van der Waals surface area contributed by atoms with Crippen LogP contribution < -0.4 is 33.2 Å². The van der Waals surface area contributed by atoms with Gasteiger partial charge >= 0.3 is 0 Å². The van der Waals surface area contributed by atoms with Gasteiger partial charge < -0.3 is 43.4 Å². The van der Waals surface area contributed by atoms with Crippen molar-refractivity contribution in [2.24, 2.45) is 0 Å². The number of hydrogen-bond donors (Lipinski definition) is 8. The fourth-order valence-electron chi connectivity index (χ4n) is 13.5. The molecule has 6 heterocycles. The normalized spacial score (nSPS) is 17.3. The zero-order chi connectivity index (χ0) is 69.6. The number of nitrogens with one attached hydrogen (secondary N) is 3. The molecule has 3 fully saturated rings. The van der Waals surface area contributed by atoms with E-state index < -0.39 is 0 Å². The number of aryl methyl sites for hydroxylation is 3. The van der Waals surface area contributed by atoms with Crippen molar-refractivity contribution >= 4 is 74.1 Å². The van der Waals surface area contributed by atoms with Gasteiger partial charge in [0.15, 0.2) is 16.9 Å². The molecule has 508 valence electrons. The summed E-state index contributed by atoms with van der Waals surface area (Å²) in [5.74, 6) is 1.11. The minimum absolute atomic E-state index is 0.0148. The Morgan fingerprint density at radius 1 is 0.420 bits per heavy atom. The van der Waals surface area contributed by atoms with Crippen molar-refractivity contribution in [1.29, 1.82) is 0 Å². The van der Waals surface area contributed by atoms with Gasteiger partial charge in [-0.25, -0.2) is 43.9 Å². The van der Waals surface area contributed by atoms with Crippen LogP contribution in [0.25, 0.3) is 66.9 Å². The number of amides is 3. The monoisotopic (exact) mass is 1340 g/mol. The van der Waals surface area contributed by atoms with Crippen LogP contribution in [0.3, 0.4) is 0 Å². The van der Waals surface area contributed by atoms with Gasteiger partial charge in [-0.1, -0.05) is 127 Å². The molecule has 0 aliphatic heterocycles. The molecule has 24 heteroatoms. The molecule has 3 unspecified atom stereocenters. The van der Waals surface area contributed by atoms with E-state index in [9.17, 15) is 29.4 Å². The van der Waals surface area contributed by atoms with E-state index >= 15 is 0 Å². The first-order valence-corrected chi connectivity index (χ1v) is 33.7. The molecule has 3 aliphatic rings. The van der Waals surface area contributed by atoms with E-state index in [1.165, 1.54) is 19.0 Å². The van der Waals surface area contributed by atoms with Gasteiger partial charge in [0.1, 0.15) is 59.3 Å². The lowest BCUT2D eigenvalue weighted by Gasteiger charge is -2.25. The molecule has 3 saturated carbocycles. The van der Waals surface area contributed by atoms with Crippen LogP contribution in [0.2, 0.25) is 0 Å². The number of nitrogens with two attached hydrogens (primary N) is 3. The second kappa shape index (κ2) is 29.6. The van der Waals surface area contributed by atoms with E-state index in [0.29, 0.717) is 95.4 Å². The van der Waals surface area contributed by atoms with Crippen LogP contribution in [-0.2, 0) is 24.4 Å². The van der Waals surface area contributed by atoms with Crippen LogP contribution in [0, 0.1) is 20.8 Å². The second-order valence-electron chi connectivity index (χ2n) is 25.9. The summed E-state index contributed by atoms with van der Waals surface area (Å²) >= 11 is 0. The number of Topliss-reactive ketones (excluding diaryl/α,β-unsaturated/α-hetero) is 1. The Kier molecular flexibility index (Phi) is 19.8. The van der Waals surface area contributed by atoms with Gasteiger partial charge in [-0.2, -0.15) is 15.3 Å². The first-order chi connectivity index (χ1) is 48.5. The molecule has 100 heavy (non-hydrogen) atoms. The lowest BCUT2D eigenvalue weighted by Crippen LogP contribution is -2.23. The molecule has 6 aromatic carbocycles. The van der Waals surface area contributed by atoms with E-state index in [-0.39, 0.29) is 53.8 Å². The number of rotatable bonds is 15. The van der Waals surface area contributed by atoms with Crippen LogP contribution >= 0.6 is 0 Å². The number of nitrogen functional groups attached to an aromatic ring is 3. The average molecular weight is 1340 g/mol. The summed E-state index contributed by atoms with van der Waals surface area (Å²) in [6, 6.07) is 46.5. The van der Waals surface area contributed by atoms with Gasteiger partial charge in [0, 0.05) is 65.9 Å². The fourth-order valence-corrected chi connectivity index (χ4v) is 13.5. The fraction of sp³-hybridized carbons (Fsp3) is 0.276. The number of aromatic nitrogens is 12. The van der Waals surface area contributed by atoms with Crippen molar-refractivity contribution in [1.82, 2.24) is 75.2 Å². The predicted molar refractivity (Wildman–Crippen MR) is 383 cm³/mol. The van der Waals surface area contributed by atoms with Crippen LogP contribution in [0.4, 0.5) is 17.5 Å². The molecule has 0 spiro atoms. The third kappa shape index (κ3) is 14.5. The Bertz CT molecular complexity index is 4980. The summed E-state index contributed by atoms with van der Waals surface area (Å²) < 4.78 is 5.66. The topological polar surface area (TPSA) is 354 Å². The number of nitrogens with zero attached hydrogens (tertiary/aromatic N) is 12.